The van der Waals surface area contributed by atoms with Gasteiger partial charge in [-0.2, -0.15) is 0 Å². The Hall–Kier alpha value is -1.92. The number of hydrogen-bond acceptors (Lipinski definition) is 4. The average molecular weight is 329 g/mol. The van der Waals surface area contributed by atoms with Crippen molar-refractivity contribution in [3.05, 3.63) is 35.4 Å². The fourth-order valence-corrected chi connectivity index (χ4v) is 3.96. The van der Waals surface area contributed by atoms with E-state index < -0.39 is 6.04 Å². The molecule has 3 heterocycles. The van der Waals surface area contributed by atoms with Crippen molar-refractivity contribution in [2.75, 3.05) is 32.8 Å². The Labute approximate surface area is 141 Å². The molecule has 0 unspecified atom stereocenters. The smallest absolute Gasteiger partial charge is 0.252 e. The quantitative estimate of drug-likeness (QED) is 0.779. The predicted octanol–water partition coefficient (Wildman–Crippen LogP) is 0.322. The summed E-state index contributed by atoms with van der Waals surface area (Å²) in [4.78, 5) is 26.9. The van der Waals surface area contributed by atoms with Crippen LogP contribution < -0.4 is 10.6 Å². The maximum Gasteiger partial charge on any atom is 0.252 e. The number of amides is 2. The van der Waals surface area contributed by atoms with Gasteiger partial charge in [-0.3, -0.25) is 9.59 Å². The van der Waals surface area contributed by atoms with E-state index in [0.717, 1.165) is 38.1 Å². The molecule has 0 aromatic heterocycles. The number of piperidine rings is 1. The normalized spacial score (nSPS) is 25.9. The second kappa shape index (κ2) is 6.18. The van der Waals surface area contributed by atoms with Crippen LogP contribution >= 0.6 is 0 Å². The van der Waals surface area contributed by atoms with Crippen molar-refractivity contribution < 1.29 is 14.3 Å². The van der Waals surface area contributed by atoms with E-state index in [1.54, 1.807) is 0 Å². The number of hydrogen-bond donors (Lipinski definition) is 2. The van der Waals surface area contributed by atoms with Crippen molar-refractivity contribution in [1.29, 1.82) is 0 Å². The first-order valence-corrected chi connectivity index (χ1v) is 8.69. The van der Waals surface area contributed by atoms with Gasteiger partial charge in [0.25, 0.3) is 5.91 Å². The van der Waals surface area contributed by atoms with E-state index in [1.807, 2.05) is 29.2 Å². The van der Waals surface area contributed by atoms with Gasteiger partial charge >= 0.3 is 0 Å². The Kier molecular flexibility index (Phi) is 4.02. The van der Waals surface area contributed by atoms with Crippen LogP contribution in [-0.4, -0.2) is 61.1 Å². The van der Waals surface area contributed by atoms with Crippen LogP contribution in [-0.2, 0) is 16.0 Å². The van der Waals surface area contributed by atoms with E-state index in [1.165, 1.54) is 0 Å². The van der Waals surface area contributed by atoms with Crippen molar-refractivity contribution in [3.8, 4) is 0 Å². The molecule has 1 spiro atoms. The summed E-state index contributed by atoms with van der Waals surface area (Å²) in [6.45, 7) is 3.88. The van der Waals surface area contributed by atoms with Crippen LogP contribution in [0.25, 0.3) is 0 Å². The molecule has 2 fully saturated rings. The summed E-state index contributed by atoms with van der Waals surface area (Å²) >= 11 is 0. The molecule has 0 bridgehead atoms. The minimum atomic E-state index is -0.452. The highest BCUT2D eigenvalue weighted by Crippen LogP contribution is 2.28. The first kappa shape index (κ1) is 15.6. The zero-order chi connectivity index (χ0) is 16.6. The van der Waals surface area contributed by atoms with E-state index >= 15 is 0 Å². The van der Waals surface area contributed by atoms with E-state index in [-0.39, 0.29) is 17.4 Å². The van der Waals surface area contributed by atoms with Crippen molar-refractivity contribution >= 4 is 11.8 Å². The van der Waals surface area contributed by atoms with Crippen LogP contribution in [0, 0.1) is 0 Å². The van der Waals surface area contributed by atoms with Gasteiger partial charge in [-0.25, -0.2) is 0 Å². The highest BCUT2D eigenvalue weighted by atomic mass is 16.5. The summed E-state index contributed by atoms with van der Waals surface area (Å²) in [5, 5.41) is 6.25. The molecule has 128 valence electrons. The molecule has 2 amide bonds. The number of ether oxygens (including phenoxy) is 1. The first-order valence-electron chi connectivity index (χ1n) is 8.69. The topological polar surface area (TPSA) is 70.7 Å². The third kappa shape index (κ3) is 2.80. The summed E-state index contributed by atoms with van der Waals surface area (Å²) in [6.07, 6.45) is 2.27. The summed E-state index contributed by atoms with van der Waals surface area (Å²) < 4.78 is 5.97. The van der Waals surface area contributed by atoms with Crippen molar-refractivity contribution in [1.82, 2.24) is 15.5 Å². The highest BCUT2D eigenvalue weighted by molar-refractivity contribution is 6.00. The van der Waals surface area contributed by atoms with Crippen LogP contribution in [0.4, 0.5) is 0 Å². The fourth-order valence-electron chi connectivity index (χ4n) is 3.96. The second-order valence-electron chi connectivity index (χ2n) is 6.92. The molecular weight excluding hydrogens is 306 g/mol. The molecule has 24 heavy (non-hydrogen) atoms. The number of benzene rings is 1. The third-order valence-electron chi connectivity index (χ3n) is 5.41. The SMILES string of the molecule is O=C1N[C@H](C(=O)N2CCC3(CC2)CNCCO3)Cc2ccccc21. The largest absolute Gasteiger partial charge is 0.372 e. The van der Waals surface area contributed by atoms with E-state index in [2.05, 4.69) is 10.6 Å². The lowest BCUT2D eigenvalue weighted by molar-refractivity contribution is -0.142. The van der Waals surface area contributed by atoms with Crippen molar-refractivity contribution in [2.45, 2.75) is 30.9 Å². The first-order chi connectivity index (χ1) is 11.7. The zero-order valence-corrected chi connectivity index (χ0v) is 13.7. The highest BCUT2D eigenvalue weighted by Gasteiger charge is 2.40. The molecule has 2 saturated heterocycles. The zero-order valence-electron chi connectivity index (χ0n) is 13.7. The van der Waals surface area contributed by atoms with Gasteiger partial charge in [0.2, 0.25) is 5.91 Å². The van der Waals surface area contributed by atoms with Gasteiger partial charge in [-0.1, -0.05) is 18.2 Å². The number of carbonyl (C=O) groups is 2. The Morgan fingerprint density at radius 2 is 2.04 bits per heavy atom. The Bertz CT molecular complexity index is 645. The Morgan fingerprint density at radius 3 is 2.79 bits per heavy atom. The van der Waals surface area contributed by atoms with Crippen molar-refractivity contribution in [2.24, 2.45) is 0 Å². The summed E-state index contributed by atoms with van der Waals surface area (Å²) in [5.41, 5.74) is 1.52. The fraction of sp³-hybridized carbons (Fsp3) is 0.556. The van der Waals surface area contributed by atoms with Gasteiger partial charge in [0.05, 0.1) is 12.2 Å². The monoisotopic (exact) mass is 329 g/mol. The van der Waals surface area contributed by atoms with Gasteiger partial charge in [0, 0.05) is 38.2 Å². The number of rotatable bonds is 1. The molecule has 6 heteroatoms. The van der Waals surface area contributed by atoms with Gasteiger partial charge in [-0.05, 0) is 24.5 Å². The van der Waals surface area contributed by atoms with E-state index in [0.29, 0.717) is 25.1 Å². The molecule has 0 aliphatic carbocycles. The molecular formula is C18H23N3O3. The van der Waals surface area contributed by atoms with Crippen LogP contribution in [0.3, 0.4) is 0 Å². The summed E-state index contributed by atoms with van der Waals surface area (Å²) in [6, 6.07) is 7.05. The van der Waals surface area contributed by atoms with Crippen LogP contribution in [0.5, 0.6) is 0 Å². The molecule has 0 radical (unpaired) electrons. The third-order valence-corrected chi connectivity index (χ3v) is 5.41. The van der Waals surface area contributed by atoms with Gasteiger partial charge in [0.1, 0.15) is 6.04 Å². The molecule has 1 atom stereocenters. The second-order valence-corrected chi connectivity index (χ2v) is 6.92. The number of fused-ring (bicyclic) bond motifs is 1. The molecule has 1 aromatic rings. The van der Waals surface area contributed by atoms with Crippen LogP contribution in [0.1, 0.15) is 28.8 Å². The minimum Gasteiger partial charge on any atom is -0.372 e. The molecule has 4 rings (SSSR count). The number of nitrogens with zero attached hydrogens (tertiary/aromatic N) is 1. The van der Waals surface area contributed by atoms with Gasteiger partial charge < -0.3 is 20.3 Å². The van der Waals surface area contributed by atoms with E-state index in [9.17, 15) is 9.59 Å². The Morgan fingerprint density at radius 1 is 1.25 bits per heavy atom. The lowest BCUT2D eigenvalue weighted by atomic mass is 9.89. The maximum absolute atomic E-state index is 12.8. The lowest BCUT2D eigenvalue weighted by Gasteiger charge is -2.44. The van der Waals surface area contributed by atoms with Gasteiger partial charge in [-0.15, -0.1) is 0 Å². The maximum atomic E-state index is 12.8. The molecule has 3 aliphatic heterocycles. The van der Waals surface area contributed by atoms with Crippen LogP contribution in [0.15, 0.2) is 24.3 Å². The van der Waals surface area contributed by atoms with Crippen LogP contribution in [0.2, 0.25) is 0 Å². The average Bonchev–Trinajstić information content (AvgIpc) is 2.62. The Balaban J connectivity index is 1.41. The van der Waals surface area contributed by atoms with Gasteiger partial charge in [0.15, 0.2) is 0 Å². The number of morpholine rings is 1. The number of nitrogens with one attached hydrogen (secondary N) is 2. The molecule has 3 aliphatic rings. The minimum absolute atomic E-state index is 0.0245. The predicted molar refractivity (Wildman–Crippen MR) is 88.8 cm³/mol. The summed E-state index contributed by atoms with van der Waals surface area (Å²) in [7, 11) is 0. The van der Waals surface area contributed by atoms with Crippen molar-refractivity contribution in [3.63, 3.8) is 0 Å². The molecule has 6 nitrogen and oxygen atoms in total. The van der Waals surface area contributed by atoms with E-state index in [4.69, 9.17) is 4.74 Å². The molecule has 2 N–H and O–H groups in total. The lowest BCUT2D eigenvalue weighted by Crippen LogP contribution is -2.59. The number of likely N-dealkylation sites (tertiary alicyclic amines) is 1. The molecule has 1 aromatic carbocycles. The summed E-state index contributed by atoms with van der Waals surface area (Å²) in [5.74, 6) is -0.125. The standard InChI is InChI=1S/C18H23N3O3/c22-16-14-4-2-1-3-13(14)11-15(20-16)17(23)21-8-5-18(6-9-21)12-19-7-10-24-18/h1-4,15,19H,5-12H2,(H,20,22)/t15-/m0/s1. The number of carbonyl (C=O) groups excluding carboxylic acids is 2. The molecule has 0 saturated carbocycles.